The van der Waals surface area contributed by atoms with Crippen molar-refractivity contribution in [2.45, 2.75) is 19.3 Å². The third-order valence-electron chi connectivity index (χ3n) is 2.97. The highest BCUT2D eigenvalue weighted by Gasteiger charge is 2.29. The van der Waals surface area contributed by atoms with Crippen molar-refractivity contribution in [2.24, 2.45) is 0 Å². The van der Waals surface area contributed by atoms with Crippen LogP contribution in [0.2, 0.25) is 0 Å². The van der Waals surface area contributed by atoms with E-state index in [0.717, 1.165) is 33.8 Å². The summed E-state index contributed by atoms with van der Waals surface area (Å²) in [5.74, 6) is 0. The fraction of sp³-hybridized carbons (Fsp3) is 0.273. The Labute approximate surface area is 116 Å². The van der Waals surface area contributed by atoms with Crippen molar-refractivity contribution in [3.8, 4) is 0 Å². The zero-order valence-electron chi connectivity index (χ0n) is 10.2. The molecule has 2 aromatic rings. The third kappa shape index (κ3) is 2.49. The summed E-state index contributed by atoms with van der Waals surface area (Å²) in [4.78, 5) is 20.5. The maximum Gasteiger partial charge on any atom is 0.324 e. The first-order valence-electron chi connectivity index (χ1n) is 5.29. The lowest BCUT2D eigenvalue weighted by Gasteiger charge is -2.21. The van der Waals surface area contributed by atoms with E-state index >= 15 is 0 Å². The van der Waals surface area contributed by atoms with E-state index in [1.807, 2.05) is 13.8 Å². The molecule has 2 rings (SSSR count). The summed E-state index contributed by atoms with van der Waals surface area (Å²) < 4.78 is 0. The Balaban J connectivity index is 2.39. The number of rotatable bonds is 4. The zero-order valence-corrected chi connectivity index (χ0v) is 11.8. The number of nitrogens with zero attached hydrogens (tertiary/aromatic N) is 2. The molecule has 0 aromatic carbocycles. The van der Waals surface area contributed by atoms with E-state index in [1.54, 1.807) is 10.8 Å². The molecular formula is C11H10N2O4S2. The second kappa shape index (κ2) is 4.71. The normalized spacial score (nSPS) is 11.5. The van der Waals surface area contributed by atoms with Gasteiger partial charge in [-0.15, -0.1) is 0 Å². The van der Waals surface area contributed by atoms with Gasteiger partial charge in [-0.3, -0.25) is 20.2 Å². The highest BCUT2D eigenvalue weighted by atomic mass is 32.1. The van der Waals surface area contributed by atoms with Gasteiger partial charge in [-0.05, 0) is 11.1 Å². The SMILES string of the molecule is CC(C)(c1csc([N+](=O)[O-])c1)c1csc([N+](=O)[O-])c1. The summed E-state index contributed by atoms with van der Waals surface area (Å²) in [5.41, 5.74) is 1.09. The number of nitro groups is 2. The Hall–Kier alpha value is -1.80. The van der Waals surface area contributed by atoms with Crippen molar-refractivity contribution >= 4 is 32.7 Å². The van der Waals surface area contributed by atoms with Crippen LogP contribution in [0.15, 0.2) is 22.9 Å². The van der Waals surface area contributed by atoms with Crippen molar-refractivity contribution in [2.75, 3.05) is 0 Å². The second-order valence-electron chi connectivity index (χ2n) is 4.49. The fourth-order valence-corrected chi connectivity index (χ4v) is 3.45. The summed E-state index contributed by atoms with van der Waals surface area (Å²) >= 11 is 2.13. The minimum atomic E-state index is -0.491. The van der Waals surface area contributed by atoms with Gasteiger partial charge in [-0.2, -0.15) is 0 Å². The average molecular weight is 298 g/mol. The summed E-state index contributed by atoms with van der Waals surface area (Å²) in [6, 6.07) is 3.04. The monoisotopic (exact) mass is 298 g/mol. The van der Waals surface area contributed by atoms with Crippen LogP contribution in [0.1, 0.15) is 25.0 Å². The largest absolute Gasteiger partial charge is 0.324 e. The first-order chi connectivity index (χ1) is 8.82. The molecule has 2 aromatic heterocycles. The quantitative estimate of drug-likeness (QED) is 0.631. The van der Waals surface area contributed by atoms with Crippen LogP contribution >= 0.6 is 22.7 Å². The van der Waals surface area contributed by atoms with Gasteiger partial charge in [-0.1, -0.05) is 36.5 Å². The predicted molar refractivity (Wildman–Crippen MR) is 74.1 cm³/mol. The van der Waals surface area contributed by atoms with E-state index < -0.39 is 15.3 Å². The number of thiophene rings is 2. The van der Waals surface area contributed by atoms with Crippen LogP contribution in [0.5, 0.6) is 0 Å². The van der Waals surface area contributed by atoms with Crippen LogP contribution < -0.4 is 0 Å². The minimum absolute atomic E-state index is 0.0767. The van der Waals surface area contributed by atoms with Gasteiger partial charge in [-0.25, -0.2) is 0 Å². The van der Waals surface area contributed by atoms with Crippen molar-refractivity contribution < 1.29 is 9.85 Å². The molecule has 0 bridgehead atoms. The smallest absolute Gasteiger partial charge is 0.258 e. The third-order valence-corrected chi connectivity index (χ3v) is 4.73. The van der Waals surface area contributed by atoms with Gasteiger partial charge in [0, 0.05) is 28.3 Å². The summed E-state index contributed by atoms with van der Waals surface area (Å²) in [5, 5.41) is 25.0. The molecule has 0 spiro atoms. The van der Waals surface area contributed by atoms with Gasteiger partial charge >= 0.3 is 10.0 Å². The molecular weight excluding hydrogens is 288 g/mol. The highest BCUT2D eigenvalue weighted by Crippen LogP contribution is 2.39. The molecule has 0 aliphatic rings. The topological polar surface area (TPSA) is 86.3 Å². The highest BCUT2D eigenvalue weighted by molar-refractivity contribution is 7.13. The molecule has 0 N–H and O–H groups in total. The molecule has 0 aliphatic heterocycles. The van der Waals surface area contributed by atoms with Crippen LogP contribution in [0.4, 0.5) is 10.0 Å². The second-order valence-corrected chi connectivity index (χ2v) is 6.27. The molecule has 0 unspecified atom stereocenters. The molecule has 0 radical (unpaired) electrons. The van der Waals surface area contributed by atoms with Crippen LogP contribution in [-0.2, 0) is 5.41 Å². The first kappa shape index (κ1) is 13.6. The molecule has 100 valence electrons. The van der Waals surface area contributed by atoms with Crippen LogP contribution in [0.3, 0.4) is 0 Å². The molecule has 6 nitrogen and oxygen atoms in total. The van der Waals surface area contributed by atoms with Gasteiger partial charge < -0.3 is 0 Å². The van der Waals surface area contributed by atoms with E-state index in [-0.39, 0.29) is 10.0 Å². The number of hydrogen-bond donors (Lipinski definition) is 0. The van der Waals surface area contributed by atoms with Crippen LogP contribution in [-0.4, -0.2) is 9.85 Å². The molecule has 0 amide bonds. The summed E-state index contributed by atoms with van der Waals surface area (Å²) in [6.07, 6.45) is 0. The molecule has 0 fully saturated rings. The van der Waals surface area contributed by atoms with Gasteiger partial charge in [0.15, 0.2) is 0 Å². The lowest BCUT2D eigenvalue weighted by atomic mass is 9.81. The van der Waals surface area contributed by atoms with Gasteiger partial charge in [0.05, 0.1) is 9.85 Å². The Morgan fingerprint density at radius 2 is 1.32 bits per heavy atom. The Morgan fingerprint density at radius 1 is 0.947 bits per heavy atom. The van der Waals surface area contributed by atoms with E-state index in [0.29, 0.717) is 0 Å². The lowest BCUT2D eigenvalue weighted by molar-refractivity contribution is -0.380. The Bertz CT molecular complexity index is 590. The van der Waals surface area contributed by atoms with E-state index in [4.69, 9.17) is 0 Å². The lowest BCUT2D eigenvalue weighted by Crippen LogP contribution is -2.16. The summed E-state index contributed by atoms with van der Waals surface area (Å²) in [7, 11) is 0. The fourth-order valence-electron chi connectivity index (χ4n) is 1.66. The Kier molecular flexibility index (Phi) is 3.38. The van der Waals surface area contributed by atoms with Crippen LogP contribution in [0, 0.1) is 20.2 Å². The molecule has 0 aliphatic carbocycles. The zero-order chi connectivity index (χ0) is 14.2. The molecule has 0 saturated carbocycles. The number of hydrogen-bond acceptors (Lipinski definition) is 6. The van der Waals surface area contributed by atoms with Crippen LogP contribution in [0.25, 0.3) is 0 Å². The van der Waals surface area contributed by atoms with E-state index in [2.05, 4.69) is 0 Å². The van der Waals surface area contributed by atoms with Crippen molar-refractivity contribution in [3.63, 3.8) is 0 Å². The maximum atomic E-state index is 10.7. The minimum Gasteiger partial charge on any atom is -0.258 e. The van der Waals surface area contributed by atoms with Gasteiger partial charge in [0.1, 0.15) is 0 Å². The van der Waals surface area contributed by atoms with E-state index in [1.165, 1.54) is 12.1 Å². The first-order valence-corrected chi connectivity index (χ1v) is 7.05. The average Bonchev–Trinajstić information content (AvgIpc) is 2.99. The molecule has 0 saturated heterocycles. The van der Waals surface area contributed by atoms with Gasteiger partial charge in [0.2, 0.25) is 0 Å². The molecule has 19 heavy (non-hydrogen) atoms. The standard InChI is InChI=1S/C11H10N2O4S2/c1-11(2,7-3-9(12(14)15)18-5-7)8-4-10(13(16)17)19-6-8/h3-6H,1-2H3. The predicted octanol–water partition coefficient (Wildman–Crippen LogP) is 3.95. The summed E-state index contributed by atoms with van der Waals surface area (Å²) in [6.45, 7) is 3.79. The molecule has 8 heteroatoms. The van der Waals surface area contributed by atoms with Crippen molar-refractivity contribution in [3.05, 3.63) is 54.2 Å². The van der Waals surface area contributed by atoms with E-state index in [9.17, 15) is 20.2 Å². The Morgan fingerprint density at radius 3 is 1.58 bits per heavy atom. The molecule has 0 atom stereocenters. The van der Waals surface area contributed by atoms with Crippen molar-refractivity contribution in [1.82, 2.24) is 0 Å². The van der Waals surface area contributed by atoms with Gasteiger partial charge in [0.25, 0.3) is 0 Å². The van der Waals surface area contributed by atoms with Crippen molar-refractivity contribution in [1.29, 1.82) is 0 Å². The molecule has 2 heterocycles. The maximum absolute atomic E-state index is 10.7.